The summed E-state index contributed by atoms with van der Waals surface area (Å²) in [7, 11) is 0. The van der Waals surface area contributed by atoms with E-state index in [9.17, 15) is 9.59 Å². The fourth-order valence-electron chi connectivity index (χ4n) is 4.68. The van der Waals surface area contributed by atoms with Crippen molar-refractivity contribution in [2.24, 2.45) is 0 Å². The maximum atomic E-state index is 12.2. The minimum Gasteiger partial charge on any atom is -0.494 e. The van der Waals surface area contributed by atoms with Gasteiger partial charge in [0.05, 0.1) is 6.61 Å². The highest BCUT2D eigenvalue weighted by Gasteiger charge is 2.17. The Balaban J connectivity index is 1.06. The number of amides is 2. The third kappa shape index (κ3) is 8.20. The molecule has 9 heteroatoms. The molecule has 2 aliphatic heterocycles. The molecular weight excluding hydrogens is 456 g/mol. The molecule has 2 N–H and O–H groups in total. The van der Waals surface area contributed by atoms with Crippen LogP contribution < -0.4 is 20.3 Å². The molecule has 194 valence electrons. The van der Waals surface area contributed by atoms with E-state index in [0.29, 0.717) is 18.8 Å². The molecule has 0 aliphatic carbocycles. The molecule has 0 radical (unpaired) electrons. The first-order valence-corrected chi connectivity index (χ1v) is 13.1. The van der Waals surface area contributed by atoms with Gasteiger partial charge in [-0.15, -0.1) is 0 Å². The van der Waals surface area contributed by atoms with Crippen LogP contribution in [0.5, 0.6) is 5.75 Å². The third-order valence-corrected chi connectivity index (χ3v) is 6.74. The first-order chi connectivity index (χ1) is 17.7. The first kappa shape index (κ1) is 25.9. The number of aromatic nitrogens is 1. The Morgan fingerprint density at radius 3 is 2.19 bits per heavy atom. The highest BCUT2D eigenvalue weighted by molar-refractivity contribution is 6.39. The van der Waals surface area contributed by atoms with E-state index in [2.05, 4.69) is 30.3 Å². The van der Waals surface area contributed by atoms with Crippen molar-refractivity contribution in [1.29, 1.82) is 0 Å². The Hall–Kier alpha value is -3.17. The molecule has 0 saturated carbocycles. The first-order valence-electron chi connectivity index (χ1n) is 13.1. The van der Waals surface area contributed by atoms with Crippen LogP contribution in [-0.4, -0.2) is 92.1 Å². The fourth-order valence-corrected chi connectivity index (χ4v) is 4.68. The molecule has 0 bridgehead atoms. The second-order valence-electron chi connectivity index (χ2n) is 9.37. The predicted octanol–water partition coefficient (Wildman–Crippen LogP) is 2.21. The van der Waals surface area contributed by atoms with E-state index in [0.717, 1.165) is 57.9 Å². The summed E-state index contributed by atoms with van der Waals surface area (Å²) in [6, 6.07) is 11.2. The number of anilines is 2. The van der Waals surface area contributed by atoms with Crippen LogP contribution in [0.25, 0.3) is 0 Å². The Bertz CT molecular complexity index is 942. The number of piperazine rings is 1. The molecule has 2 aromatic rings. The highest BCUT2D eigenvalue weighted by Crippen LogP contribution is 2.17. The van der Waals surface area contributed by atoms with E-state index >= 15 is 0 Å². The van der Waals surface area contributed by atoms with Crippen molar-refractivity contribution in [3.05, 3.63) is 48.8 Å². The van der Waals surface area contributed by atoms with Gasteiger partial charge in [-0.2, -0.15) is 0 Å². The number of hydrogen-bond acceptors (Lipinski definition) is 7. The van der Waals surface area contributed by atoms with Crippen molar-refractivity contribution in [3.8, 4) is 5.75 Å². The summed E-state index contributed by atoms with van der Waals surface area (Å²) in [6.07, 6.45) is 8.05. The fraction of sp³-hybridized carbons (Fsp3) is 0.519. The van der Waals surface area contributed by atoms with Gasteiger partial charge in [0.25, 0.3) is 0 Å². The van der Waals surface area contributed by atoms with Crippen LogP contribution in [0.1, 0.15) is 25.7 Å². The van der Waals surface area contributed by atoms with E-state index in [1.54, 1.807) is 12.1 Å². The van der Waals surface area contributed by atoms with Gasteiger partial charge in [0.1, 0.15) is 5.75 Å². The molecule has 2 saturated heterocycles. The minimum atomic E-state index is -0.653. The normalized spacial score (nSPS) is 16.6. The van der Waals surface area contributed by atoms with Crippen LogP contribution in [0.3, 0.4) is 0 Å². The lowest BCUT2D eigenvalue weighted by Crippen LogP contribution is -2.47. The molecule has 3 heterocycles. The number of likely N-dealkylation sites (tertiary alicyclic amines) is 1. The number of ether oxygens (including phenoxy) is 1. The molecule has 2 fully saturated rings. The molecule has 9 nitrogen and oxygen atoms in total. The van der Waals surface area contributed by atoms with Gasteiger partial charge in [-0.05, 0) is 81.7 Å². The number of carbonyl (C=O) groups excluding carboxylic acids is 2. The molecule has 1 aromatic heterocycles. The van der Waals surface area contributed by atoms with E-state index in [1.807, 2.05) is 36.7 Å². The number of benzene rings is 1. The Kier molecular flexibility index (Phi) is 9.93. The summed E-state index contributed by atoms with van der Waals surface area (Å²) < 4.78 is 5.79. The van der Waals surface area contributed by atoms with Gasteiger partial charge >= 0.3 is 11.8 Å². The summed E-state index contributed by atoms with van der Waals surface area (Å²) in [6.45, 7) is 9.43. The van der Waals surface area contributed by atoms with Crippen molar-refractivity contribution in [2.75, 3.05) is 75.7 Å². The van der Waals surface area contributed by atoms with Gasteiger partial charge in [0.15, 0.2) is 0 Å². The number of hydrogen-bond donors (Lipinski definition) is 2. The molecule has 36 heavy (non-hydrogen) atoms. The minimum absolute atomic E-state index is 0.473. The average Bonchev–Trinajstić information content (AvgIpc) is 3.44. The van der Waals surface area contributed by atoms with Crippen LogP contribution in [0.15, 0.2) is 48.8 Å². The van der Waals surface area contributed by atoms with Gasteiger partial charge in [0, 0.05) is 63.0 Å². The van der Waals surface area contributed by atoms with Gasteiger partial charge < -0.3 is 25.2 Å². The maximum Gasteiger partial charge on any atom is 0.313 e. The van der Waals surface area contributed by atoms with Crippen LogP contribution in [0.4, 0.5) is 11.4 Å². The molecular formula is C27H38N6O3. The number of rotatable bonds is 11. The molecule has 2 amide bonds. The lowest BCUT2D eigenvalue weighted by Gasteiger charge is -2.36. The van der Waals surface area contributed by atoms with E-state index in [-0.39, 0.29) is 0 Å². The van der Waals surface area contributed by atoms with Gasteiger partial charge in [-0.25, -0.2) is 0 Å². The van der Waals surface area contributed by atoms with Crippen molar-refractivity contribution in [3.63, 3.8) is 0 Å². The lowest BCUT2D eigenvalue weighted by molar-refractivity contribution is -0.136. The van der Waals surface area contributed by atoms with E-state index in [4.69, 9.17) is 4.74 Å². The van der Waals surface area contributed by atoms with Crippen LogP contribution >= 0.6 is 0 Å². The standard InChI is InChI=1S/C27H38N6O3/c34-26(29-11-3-16-32-18-20-33(21-19-32)24-9-12-28-13-10-24)27(35)30-23-5-7-25(8-6-23)36-22-4-17-31-14-1-2-15-31/h5-10,12-13H,1-4,11,14-22H2,(H,29,34)(H,30,35). The average molecular weight is 495 g/mol. The number of pyridine rings is 1. The largest absolute Gasteiger partial charge is 0.494 e. The highest BCUT2D eigenvalue weighted by atomic mass is 16.5. The zero-order valence-corrected chi connectivity index (χ0v) is 21.0. The Morgan fingerprint density at radius 2 is 1.47 bits per heavy atom. The van der Waals surface area contributed by atoms with E-state index < -0.39 is 11.8 Å². The number of nitrogens with one attached hydrogen (secondary N) is 2. The number of nitrogens with zero attached hydrogens (tertiary/aromatic N) is 4. The summed E-state index contributed by atoms with van der Waals surface area (Å²) in [5, 5.41) is 5.37. The third-order valence-electron chi connectivity index (χ3n) is 6.74. The second kappa shape index (κ2) is 13.8. The van der Waals surface area contributed by atoms with Crippen molar-refractivity contribution in [1.82, 2.24) is 20.1 Å². The summed E-state index contributed by atoms with van der Waals surface area (Å²) in [5.74, 6) is -0.500. The summed E-state index contributed by atoms with van der Waals surface area (Å²) in [4.78, 5) is 35.7. The van der Waals surface area contributed by atoms with Crippen molar-refractivity contribution >= 4 is 23.2 Å². The quantitative estimate of drug-likeness (QED) is 0.366. The van der Waals surface area contributed by atoms with Gasteiger partial charge in [-0.3, -0.25) is 19.5 Å². The zero-order valence-electron chi connectivity index (χ0n) is 21.0. The maximum absolute atomic E-state index is 12.2. The smallest absolute Gasteiger partial charge is 0.313 e. The van der Waals surface area contributed by atoms with E-state index in [1.165, 1.54) is 31.6 Å². The molecule has 0 atom stereocenters. The molecule has 2 aliphatic rings. The van der Waals surface area contributed by atoms with Crippen molar-refractivity contribution in [2.45, 2.75) is 25.7 Å². The summed E-state index contributed by atoms with van der Waals surface area (Å²) in [5.41, 5.74) is 1.78. The second-order valence-corrected chi connectivity index (χ2v) is 9.37. The lowest BCUT2D eigenvalue weighted by atomic mass is 10.2. The molecule has 0 unspecified atom stereocenters. The number of carbonyl (C=O) groups is 2. The van der Waals surface area contributed by atoms with Crippen LogP contribution in [-0.2, 0) is 9.59 Å². The Morgan fingerprint density at radius 1 is 0.806 bits per heavy atom. The monoisotopic (exact) mass is 494 g/mol. The zero-order chi connectivity index (χ0) is 25.0. The topological polar surface area (TPSA) is 90.0 Å². The molecule has 4 rings (SSSR count). The van der Waals surface area contributed by atoms with Gasteiger partial charge in [0.2, 0.25) is 0 Å². The van der Waals surface area contributed by atoms with Crippen molar-refractivity contribution < 1.29 is 14.3 Å². The predicted molar refractivity (Wildman–Crippen MR) is 141 cm³/mol. The molecule has 0 spiro atoms. The van der Waals surface area contributed by atoms with Crippen LogP contribution in [0, 0.1) is 0 Å². The van der Waals surface area contributed by atoms with Gasteiger partial charge in [-0.1, -0.05) is 0 Å². The summed E-state index contributed by atoms with van der Waals surface area (Å²) >= 11 is 0. The SMILES string of the molecule is O=C(NCCCN1CCN(c2ccncc2)CC1)C(=O)Nc1ccc(OCCCN2CCCC2)cc1. The Labute approximate surface area is 213 Å². The van der Waals surface area contributed by atoms with Crippen LogP contribution in [0.2, 0.25) is 0 Å². The molecule has 1 aromatic carbocycles.